The second-order valence-corrected chi connectivity index (χ2v) is 3.84. The molecule has 1 heterocycles. The summed E-state index contributed by atoms with van der Waals surface area (Å²) in [6, 6.07) is 0. The Bertz CT molecular complexity index is 141. The van der Waals surface area contributed by atoms with E-state index in [4.69, 9.17) is 0 Å². The second-order valence-electron chi connectivity index (χ2n) is 3.84. The maximum atomic E-state index is 3.24. The molecule has 0 atom stereocenters. The Morgan fingerprint density at radius 2 is 2.00 bits per heavy atom. The second kappa shape index (κ2) is 4.42. The van der Waals surface area contributed by atoms with Gasteiger partial charge in [-0.2, -0.15) is 13.3 Å². The minimum absolute atomic E-state index is 0. The van der Waals surface area contributed by atoms with Gasteiger partial charge in [0.05, 0.1) is 0 Å². The molecule has 0 unspecified atom stereocenters. The molecule has 2 heteroatoms. The van der Waals surface area contributed by atoms with Gasteiger partial charge in [-0.25, -0.2) is 0 Å². The quantitative estimate of drug-likeness (QED) is 0.600. The summed E-state index contributed by atoms with van der Waals surface area (Å²) >= 11 is 0. The summed E-state index contributed by atoms with van der Waals surface area (Å²) < 4.78 is 0. The summed E-state index contributed by atoms with van der Waals surface area (Å²) in [6.45, 7) is 7.78. The molecule has 81 valence electrons. The summed E-state index contributed by atoms with van der Waals surface area (Å²) in [5, 5.41) is 3.24. The van der Waals surface area contributed by atoms with Crippen LogP contribution in [0, 0.1) is 18.8 Å². The fourth-order valence-corrected chi connectivity index (χ4v) is 1.42. The molecule has 1 aliphatic rings. The van der Waals surface area contributed by atoms with Gasteiger partial charge in [0, 0.05) is 0 Å². The van der Waals surface area contributed by atoms with E-state index in [0.29, 0.717) is 5.41 Å². The van der Waals surface area contributed by atoms with Crippen LogP contribution in [0.25, 0.3) is 0 Å². The van der Waals surface area contributed by atoms with Crippen molar-refractivity contribution in [3.05, 3.63) is 25.6 Å². The van der Waals surface area contributed by atoms with Crippen LogP contribution in [0.15, 0.2) is 12.3 Å². The summed E-state index contributed by atoms with van der Waals surface area (Å²) in [5.41, 5.74) is 0.355. The molecule has 0 bridgehead atoms. The molecule has 1 aliphatic heterocycles. The van der Waals surface area contributed by atoms with Gasteiger partial charge in [0.15, 0.2) is 0 Å². The molecule has 1 radical (unpaired) electrons. The van der Waals surface area contributed by atoms with E-state index in [1.807, 2.05) is 0 Å². The molecule has 0 aromatic carbocycles. The van der Waals surface area contributed by atoms with E-state index in [0.717, 1.165) is 6.54 Å². The Labute approximate surface area is 70.9 Å². The smallest absolute Gasteiger partial charge is 0 e. The molecular weight excluding hydrogens is 396 g/mol. The van der Waals surface area contributed by atoms with E-state index < -0.39 is 0 Å². The van der Waals surface area contributed by atoms with E-state index in [-0.39, 0.29) is 7.43 Å². The van der Waals surface area contributed by atoms with Gasteiger partial charge in [-0.3, -0.25) is 5.92 Å². The van der Waals surface area contributed by atoms with E-state index >= 15 is 0 Å². The maximum absolute atomic E-state index is 3.24. The molecular formula is C10H19LrN-2. The van der Waals surface area contributed by atoms with Crippen molar-refractivity contribution in [3.63, 3.8) is 0 Å². The SMILES string of the molecule is C[C-]1CNC=CC(C)(C)C1.[CH3-].[Lr]. The van der Waals surface area contributed by atoms with Crippen LogP contribution < -0.4 is 5.32 Å². The van der Waals surface area contributed by atoms with Crippen LogP contribution in [0.5, 0.6) is 0 Å². The molecule has 0 amide bonds. The van der Waals surface area contributed by atoms with Gasteiger partial charge in [-0.05, 0) is 11.6 Å². The molecule has 1 nitrogen and oxygen atoms in total. The third-order valence-electron chi connectivity index (χ3n) is 1.81. The van der Waals surface area contributed by atoms with E-state index in [2.05, 4.69) is 38.4 Å². The number of hydrogen-bond donors (Lipinski definition) is 1. The van der Waals surface area contributed by atoms with Gasteiger partial charge in [0.2, 0.25) is 0 Å². The summed E-state index contributed by atoms with van der Waals surface area (Å²) in [4.78, 5) is 0. The molecule has 0 aromatic heterocycles. The van der Waals surface area contributed by atoms with Crippen LogP contribution in [0.3, 0.4) is 0 Å². The van der Waals surface area contributed by atoms with Crippen LogP contribution in [0.2, 0.25) is 0 Å². The predicted octanol–water partition coefficient (Wildman–Crippen LogP) is 2.56. The summed E-state index contributed by atoms with van der Waals surface area (Å²) in [7, 11) is 0. The molecule has 0 aliphatic carbocycles. The molecule has 1 N–H and O–H groups in total. The molecule has 0 saturated heterocycles. The standard InChI is InChI=1S/C9H16N.CH3.Lr/c1-8-6-9(2,3)4-5-10-7-8;;/h4-5,10H,6-7H2,1-3H3;1H3;/q2*-1;. The van der Waals surface area contributed by atoms with Crippen molar-refractivity contribution in [2.24, 2.45) is 5.41 Å². The zero-order chi connectivity index (χ0) is 7.61. The van der Waals surface area contributed by atoms with Crippen LogP contribution in [-0.2, 0) is 0 Å². The first kappa shape index (κ1) is 13.2. The zero-order valence-electron chi connectivity index (χ0n) is 8.33. The van der Waals surface area contributed by atoms with Gasteiger partial charge < -0.3 is 12.7 Å². The molecule has 0 fully saturated rings. The van der Waals surface area contributed by atoms with Crippen molar-refractivity contribution in [3.8, 4) is 0 Å². The number of hydrogen-bond acceptors (Lipinski definition) is 1. The Morgan fingerprint density at radius 1 is 1.42 bits per heavy atom. The number of rotatable bonds is 0. The average molecular weight is 415 g/mol. The largest absolute Gasteiger partial charge is 0.421 e. The first-order valence-electron chi connectivity index (χ1n) is 3.82. The van der Waals surface area contributed by atoms with Crippen LogP contribution >= 0.6 is 0 Å². The van der Waals surface area contributed by atoms with Gasteiger partial charge >= 0.3 is 0 Å². The van der Waals surface area contributed by atoms with Crippen LogP contribution in [-0.4, -0.2) is 6.54 Å². The van der Waals surface area contributed by atoms with Crippen molar-refractivity contribution < 1.29 is 0 Å². The van der Waals surface area contributed by atoms with E-state index in [1.54, 1.807) is 0 Å². The molecule has 0 spiro atoms. The first-order valence-corrected chi connectivity index (χ1v) is 3.82. The van der Waals surface area contributed by atoms with Crippen molar-refractivity contribution in [1.82, 2.24) is 5.32 Å². The topological polar surface area (TPSA) is 12.0 Å². The Morgan fingerprint density at radius 3 is 2.58 bits per heavy atom. The van der Waals surface area contributed by atoms with Gasteiger partial charge in [-0.15, -0.1) is 6.54 Å². The molecule has 0 saturated carbocycles. The molecule has 12 heavy (non-hydrogen) atoms. The Hall–Kier alpha value is -1.46. The monoisotopic (exact) mass is 415 g/mol. The van der Waals surface area contributed by atoms with Gasteiger partial charge in [0.25, 0.3) is 0 Å². The zero-order valence-corrected chi connectivity index (χ0v) is 10.5. The summed E-state index contributed by atoms with van der Waals surface area (Å²) in [5.74, 6) is 1.54. The fourth-order valence-electron chi connectivity index (χ4n) is 1.42. The average Bonchev–Trinajstić information content (AvgIpc) is 1.90. The van der Waals surface area contributed by atoms with Crippen molar-refractivity contribution >= 4 is 0 Å². The minimum Gasteiger partial charge on any atom is -0.421 e. The van der Waals surface area contributed by atoms with Crippen LogP contribution in [0.1, 0.15) is 27.2 Å². The molecule has 1 rings (SSSR count). The Balaban J connectivity index is 0. The summed E-state index contributed by atoms with van der Waals surface area (Å²) in [6.07, 6.45) is 5.51. The first-order chi connectivity index (χ1) is 4.60. The third kappa shape index (κ3) is 3.65. The van der Waals surface area contributed by atoms with Crippen molar-refractivity contribution in [2.45, 2.75) is 27.2 Å². The van der Waals surface area contributed by atoms with E-state index in [9.17, 15) is 0 Å². The predicted molar refractivity (Wildman–Crippen MR) is 50.9 cm³/mol. The van der Waals surface area contributed by atoms with Crippen molar-refractivity contribution in [2.75, 3.05) is 6.54 Å². The third-order valence-corrected chi connectivity index (χ3v) is 1.81. The van der Waals surface area contributed by atoms with Gasteiger partial charge in [0.1, 0.15) is 0 Å². The normalized spacial score (nSPS) is 21.2. The number of allylic oxidation sites excluding steroid dienone is 1. The minimum atomic E-state index is 0. The fraction of sp³-hybridized carbons (Fsp3) is 0.600. The molecule has 0 aromatic rings. The Kier molecular flexibility index (Phi) is 4.85. The maximum Gasteiger partial charge on any atom is 0 e. The van der Waals surface area contributed by atoms with E-state index in [1.165, 1.54) is 12.3 Å². The van der Waals surface area contributed by atoms with Crippen molar-refractivity contribution in [1.29, 1.82) is 0 Å². The van der Waals surface area contributed by atoms with Crippen LogP contribution in [0.4, 0.5) is 0 Å². The van der Waals surface area contributed by atoms with Gasteiger partial charge in [-0.1, -0.05) is 19.9 Å². The number of nitrogens with one attached hydrogen (secondary N) is 1.